The van der Waals surface area contributed by atoms with Crippen molar-refractivity contribution >= 4 is 22.3 Å². The van der Waals surface area contributed by atoms with E-state index in [9.17, 15) is 30.0 Å². The molecule has 1 aliphatic carbocycles. The molecule has 0 fully saturated rings. The Morgan fingerprint density at radius 2 is 1.44 bits per heavy atom. The molecule has 43 heavy (non-hydrogen) atoms. The Labute approximate surface area is 245 Å². The fraction of sp³-hybridized carbons (Fsp3) is 0.118. The number of phenolic OH excluding ortho intramolecular Hbond substituents is 4. The second-order valence-corrected chi connectivity index (χ2v) is 10.1. The first-order valence-electron chi connectivity index (χ1n) is 13.3. The molecule has 9 heteroatoms. The molecule has 0 amide bonds. The Bertz CT molecular complexity index is 2020. The topological polar surface area (TPSA) is 147 Å². The predicted molar refractivity (Wildman–Crippen MR) is 160 cm³/mol. The largest absolute Gasteiger partial charge is 0.508 e. The number of ether oxygens (including phenoxy) is 2. The van der Waals surface area contributed by atoms with Gasteiger partial charge in [0.1, 0.15) is 51.2 Å². The van der Waals surface area contributed by atoms with Gasteiger partial charge in [0, 0.05) is 41.0 Å². The van der Waals surface area contributed by atoms with E-state index in [4.69, 9.17) is 13.9 Å². The maximum absolute atomic E-state index is 13.5. The van der Waals surface area contributed by atoms with Crippen LogP contribution in [0.4, 0.5) is 0 Å². The van der Waals surface area contributed by atoms with Crippen molar-refractivity contribution in [3.63, 3.8) is 0 Å². The molecule has 0 atom stereocenters. The highest BCUT2D eigenvalue weighted by atomic mass is 16.5. The number of hydrogen-bond acceptors (Lipinski definition) is 9. The minimum absolute atomic E-state index is 0.00947. The van der Waals surface area contributed by atoms with Crippen molar-refractivity contribution in [3.8, 4) is 56.9 Å². The number of methoxy groups -OCH3 is 2. The first-order valence-corrected chi connectivity index (χ1v) is 13.3. The number of carbonyl (C=O) groups excluding carboxylic acids is 1. The SMILES string of the molecule is COc1cc(O)c2c(=O)cc(-c3ccc(OC)c(-c4c(O)cc(O)c5c4CCC(c4ccc(O)cc4)=CC5=O)c3)oc2c1. The van der Waals surface area contributed by atoms with Gasteiger partial charge in [0.05, 0.1) is 19.8 Å². The Hall–Kier alpha value is -5.70. The van der Waals surface area contributed by atoms with E-state index in [1.54, 1.807) is 30.3 Å². The summed E-state index contributed by atoms with van der Waals surface area (Å²) in [5.41, 5.74) is 2.77. The highest BCUT2D eigenvalue weighted by Crippen LogP contribution is 2.46. The zero-order valence-electron chi connectivity index (χ0n) is 23.2. The predicted octanol–water partition coefficient (Wildman–Crippen LogP) is 6.18. The quantitative estimate of drug-likeness (QED) is 0.192. The highest BCUT2D eigenvalue weighted by molar-refractivity contribution is 6.13. The van der Waals surface area contributed by atoms with E-state index in [1.165, 1.54) is 50.6 Å². The number of hydrogen-bond donors (Lipinski definition) is 4. The van der Waals surface area contributed by atoms with Crippen LogP contribution in [-0.2, 0) is 6.42 Å². The molecule has 5 aromatic rings. The molecule has 4 N–H and O–H groups in total. The van der Waals surface area contributed by atoms with Crippen LogP contribution in [0, 0.1) is 0 Å². The fourth-order valence-electron chi connectivity index (χ4n) is 5.56. The van der Waals surface area contributed by atoms with Crippen molar-refractivity contribution in [3.05, 3.63) is 99.7 Å². The van der Waals surface area contributed by atoms with E-state index in [0.29, 0.717) is 52.2 Å². The number of ketones is 1. The van der Waals surface area contributed by atoms with Gasteiger partial charge in [-0.05, 0) is 65.9 Å². The first kappa shape index (κ1) is 27.5. The van der Waals surface area contributed by atoms with Crippen LogP contribution >= 0.6 is 0 Å². The molecule has 216 valence electrons. The van der Waals surface area contributed by atoms with Gasteiger partial charge in [-0.2, -0.15) is 0 Å². The molecular formula is C34H26O9. The minimum atomic E-state index is -0.464. The maximum atomic E-state index is 13.5. The van der Waals surface area contributed by atoms with Gasteiger partial charge < -0.3 is 34.3 Å². The molecule has 0 saturated heterocycles. The fourth-order valence-corrected chi connectivity index (χ4v) is 5.56. The van der Waals surface area contributed by atoms with Gasteiger partial charge in [0.15, 0.2) is 11.2 Å². The third-order valence-electron chi connectivity index (χ3n) is 7.60. The average Bonchev–Trinajstić information content (AvgIpc) is 3.15. The number of benzene rings is 4. The molecule has 0 spiro atoms. The summed E-state index contributed by atoms with van der Waals surface area (Å²) in [6.45, 7) is 0. The van der Waals surface area contributed by atoms with Crippen LogP contribution in [0.25, 0.3) is 39.0 Å². The molecular weight excluding hydrogens is 552 g/mol. The van der Waals surface area contributed by atoms with E-state index < -0.39 is 11.2 Å². The molecule has 9 nitrogen and oxygen atoms in total. The maximum Gasteiger partial charge on any atom is 0.197 e. The number of phenols is 4. The average molecular weight is 579 g/mol. The minimum Gasteiger partial charge on any atom is -0.508 e. The number of aromatic hydroxyl groups is 4. The molecule has 0 unspecified atom stereocenters. The van der Waals surface area contributed by atoms with E-state index in [2.05, 4.69) is 0 Å². The Morgan fingerprint density at radius 1 is 0.721 bits per heavy atom. The molecule has 1 aliphatic rings. The smallest absolute Gasteiger partial charge is 0.197 e. The van der Waals surface area contributed by atoms with Crippen molar-refractivity contribution in [2.45, 2.75) is 12.8 Å². The van der Waals surface area contributed by atoms with Crippen molar-refractivity contribution in [2.75, 3.05) is 14.2 Å². The molecule has 1 heterocycles. The van der Waals surface area contributed by atoms with Gasteiger partial charge >= 0.3 is 0 Å². The molecule has 1 aromatic heterocycles. The Morgan fingerprint density at radius 3 is 2.16 bits per heavy atom. The van der Waals surface area contributed by atoms with Crippen LogP contribution in [0.2, 0.25) is 0 Å². The van der Waals surface area contributed by atoms with E-state index >= 15 is 0 Å². The summed E-state index contributed by atoms with van der Waals surface area (Å²) >= 11 is 0. The summed E-state index contributed by atoms with van der Waals surface area (Å²) in [7, 11) is 2.90. The standard InChI is InChI=1S/C34H26O9/c1-41-21-13-25(37)34-28(40)16-30(43-31(34)14-21)19-6-10-29(42-2)23(11-19)32-22-9-5-18(17-3-7-20(35)8-4-17)12-24(36)33(22)27(39)15-26(32)38/h3-4,6-8,10-16,35,37-39H,5,9H2,1-2H3. The zero-order valence-corrected chi connectivity index (χ0v) is 23.2. The number of fused-ring (bicyclic) bond motifs is 2. The molecule has 6 rings (SSSR count). The normalized spacial score (nSPS) is 12.9. The first-order chi connectivity index (χ1) is 20.7. The lowest BCUT2D eigenvalue weighted by Gasteiger charge is -2.18. The summed E-state index contributed by atoms with van der Waals surface area (Å²) in [5.74, 6) is -0.352. The summed E-state index contributed by atoms with van der Waals surface area (Å²) in [6.07, 6.45) is 2.16. The zero-order chi connectivity index (χ0) is 30.4. The van der Waals surface area contributed by atoms with Gasteiger partial charge in [-0.15, -0.1) is 0 Å². The van der Waals surface area contributed by atoms with Gasteiger partial charge in [-0.1, -0.05) is 12.1 Å². The van der Waals surface area contributed by atoms with Crippen LogP contribution in [0.15, 0.2) is 82.0 Å². The summed E-state index contributed by atoms with van der Waals surface area (Å²) in [4.78, 5) is 26.5. The molecule has 4 aromatic carbocycles. The molecule has 0 radical (unpaired) electrons. The lowest BCUT2D eigenvalue weighted by molar-refractivity contribution is 0.104. The summed E-state index contributed by atoms with van der Waals surface area (Å²) in [5, 5.41) is 42.0. The summed E-state index contributed by atoms with van der Waals surface area (Å²) < 4.78 is 16.9. The van der Waals surface area contributed by atoms with Crippen LogP contribution in [0.3, 0.4) is 0 Å². The van der Waals surface area contributed by atoms with Crippen LogP contribution in [-0.4, -0.2) is 40.4 Å². The highest BCUT2D eigenvalue weighted by Gasteiger charge is 2.28. The second kappa shape index (κ2) is 10.6. The molecule has 0 saturated carbocycles. The molecule has 0 aliphatic heterocycles. The Balaban J connectivity index is 1.51. The van der Waals surface area contributed by atoms with Crippen LogP contribution in [0.1, 0.15) is 27.9 Å². The van der Waals surface area contributed by atoms with Gasteiger partial charge in [0.2, 0.25) is 0 Å². The number of rotatable bonds is 5. The molecule has 0 bridgehead atoms. The lowest BCUT2D eigenvalue weighted by atomic mass is 9.88. The third kappa shape index (κ3) is 4.80. The van der Waals surface area contributed by atoms with Crippen molar-refractivity contribution in [1.82, 2.24) is 0 Å². The number of allylic oxidation sites excluding steroid dienone is 2. The van der Waals surface area contributed by atoms with Crippen LogP contribution < -0.4 is 14.9 Å². The van der Waals surface area contributed by atoms with Gasteiger partial charge in [-0.25, -0.2) is 0 Å². The summed E-state index contributed by atoms with van der Waals surface area (Å²) in [6, 6.07) is 16.7. The van der Waals surface area contributed by atoms with E-state index in [1.807, 2.05) is 0 Å². The second-order valence-electron chi connectivity index (χ2n) is 10.1. The van der Waals surface area contributed by atoms with E-state index in [0.717, 1.165) is 11.6 Å². The van der Waals surface area contributed by atoms with Gasteiger partial charge in [0.25, 0.3) is 0 Å². The van der Waals surface area contributed by atoms with Gasteiger partial charge in [-0.3, -0.25) is 9.59 Å². The number of carbonyl (C=O) groups is 1. The van der Waals surface area contributed by atoms with Crippen molar-refractivity contribution in [2.24, 2.45) is 0 Å². The van der Waals surface area contributed by atoms with Crippen molar-refractivity contribution < 1.29 is 39.1 Å². The lowest BCUT2D eigenvalue weighted by Crippen LogP contribution is -2.04. The van der Waals surface area contributed by atoms with E-state index in [-0.39, 0.29) is 45.3 Å². The van der Waals surface area contributed by atoms with Crippen LogP contribution in [0.5, 0.6) is 34.5 Å². The monoisotopic (exact) mass is 578 g/mol. The third-order valence-corrected chi connectivity index (χ3v) is 7.60. The van der Waals surface area contributed by atoms with Crippen molar-refractivity contribution in [1.29, 1.82) is 0 Å². The Kier molecular flexibility index (Phi) is 6.78.